The predicted molar refractivity (Wildman–Crippen MR) is 125 cm³/mol. The number of benzene rings is 2. The summed E-state index contributed by atoms with van der Waals surface area (Å²) in [4.78, 5) is 14.1. The first-order chi connectivity index (χ1) is 15.5. The number of phenols is 2. The molecule has 1 aliphatic rings. The van der Waals surface area contributed by atoms with E-state index in [1.54, 1.807) is 6.07 Å². The van der Waals surface area contributed by atoms with Crippen LogP contribution in [0.15, 0.2) is 39.5 Å². The number of aromatic hydroxyl groups is 2. The third-order valence-corrected chi connectivity index (χ3v) is 6.45. The van der Waals surface area contributed by atoms with E-state index in [1.807, 2.05) is 24.3 Å². The minimum atomic E-state index is -0.425. The number of rotatable bonds is 10. The lowest BCUT2D eigenvalue weighted by molar-refractivity contribution is 0.109. The number of hydrogen-bond acceptors (Lipinski definition) is 6. The van der Waals surface area contributed by atoms with E-state index in [0.29, 0.717) is 11.6 Å². The summed E-state index contributed by atoms with van der Waals surface area (Å²) in [5.74, 6) is -0.423. The number of oxazole rings is 1. The zero-order valence-electron chi connectivity index (χ0n) is 18.7. The monoisotopic (exact) mass is 439 g/mol. The first-order valence-corrected chi connectivity index (χ1v) is 11.7. The Labute approximate surface area is 188 Å². The summed E-state index contributed by atoms with van der Waals surface area (Å²) >= 11 is 0. The van der Waals surface area contributed by atoms with Gasteiger partial charge in [-0.05, 0) is 61.4 Å². The number of hydrazine groups is 1. The molecule has 1 aliphatic carbocycles. The van der Waals surface area contributed by atoms with Gasteiger partial charge in [0, 0.05) is 24.7 Å². The number of aromatic amines is 1. The molecule has 0 aliphatic heterocycles. The molecule has 172 valence electrons. The number of unbranched alkanes of at least 4 members (excludes halogenated alkanes) is 3. The summed E-state index contributed by atoms with van der Waals surface area (Å²) in [6.07, 6.45) is 8.20. The molecule has 2 aromatic carbocycles. The van der Waals surface area contributed by atoms with Gasteiger partial charge in [-0.3, -0.25) is 10.4 Å². The normalized spacial score (nSPS) is 16.0. The molecule has 1 aromatic heterocycles. The molecule has 1 heterocycles. The molecule has 0 saturated heterocycles. The molecule has 0 bridgehead atoms. The van der Waals surface area contributed by atoms with E-state index < -0.39 is 5.76 Å². The van der Waals surface area contributed by atoms with Gasteiger partial charge in [0.25, 0.3) is 0 Å². The van der Waals surface area contributed by atoms with E-state index in [9.17, 15) is 15.0 Å². The van der Waals surface area contributed by atoms with E-state index in [-0.39, 0.29) is 11.5 Å². The second-order valence-electron chi connectivity index (χ2n) is 8.72. The maximum atomic E-state index is 11.4. The molecule has 0 spiro atoms. The smallest absolute Gasteiger partial charge is 0.417 e. The van der Waals surface area contributed by atoms with Crippen molar-refractivity contribution in [3.8, 4) is 11.5 Å². The Balaban J connectivity index is 1.40. The highest BCUT2D eigenvalue weighted by Crippen LogP contribution is 2.36. The second kappa shape index (κ2) is 10.2. The van der Waals surface area contributed by atoms with E-state index >= 15 is 0 Å². The number of nitrogens with one attached hydrogen (secondary N) is 2. The van der Waals surface area contributed by atoms with Gasteiger partial charge >= 0.3 is 5.76 Å². The fourth-order valence-corrected chi connectivity index (χ4v) is 4.66. The van der Waals surface area contributed by atoms with Crippen LogP contribution in [0.1, 0.15) is 55.7 Å². The quantitative estimate of drug-likeness (QED) is 0.216. The summed E-state index contributed by atoms with van der Waals surface area (Å²) in [5.41, 5.74) is 8.08. The Kier molecular flexibility index (Phi) is 7.17. The van der Waals surface area contributed by atoms with E-state index in [0.717, 1.165) is 67.4 Å². The largest absolute Gasteiger partial charge is 0.504 e. The summed E-state index contributed by atoms with van der Waals surface area (Å²) in [7, 11) is 0. The molecule has 32 heavy (non-hydrogen) atoms. The minimum absolute atomic E-state index is 0.0352. The van der Waals surface area contributed by atoms with Gasteiger partial charge in [0.1, 0.15) is 0 Å². The highest BCUT2D eigenvalue weighted by Gasteiger charge is 2.26. The molecular formula is C25H33N3O4. The molecule has 4 rings (SSSR count). The lowest BCUT2D eigenvalue weighted by Gasteiger charge is -2.36. The van der Waals surface area contributed by atoms with Gasteiger partial charge in [-0.1, -0.05) is 38.3 Å². The Morgan fingerprint density at radius 2 is 2.06 bits per heavy atom. The third kappa shape index (κ3) is 5.16. The van der Waals surface area contributed by atoms with E-state index in [4.69, 9.17) is 4.42 Å². The van der Waals surface area contributed by atoms with Crippen LogP contribution in [-0.2, 0) is 19.3 Å². The van der Waals surface area contributed by atoms with Crippen molar-refractivity contribution in [2.45, 2.75) is 64.3 Å². The van der Waals surface area contributed by atoms with Crippen molar-refractivity contribution in [1.29, 1.82) is 0 Å². The second-order valence-corrected chi connectivity index (χ2v) is 8.72. The van der Waals surface area contributed by atoms with Crippen LogP contribution < -0.4 is 11.2 Å². The van der Waals surface area contributed by atoms with Crippen molar-refractivity contribution in [3.63, 3.8) is 0 Å². The Morgan fingerprint density at radius 3 is 2.91 bits per heavy atom. The summed E-state index contributed by atoms with van der Waals surface area (Å²) in [6.45, 7) is 3.99. The third-order valence-electron chi connectivity index (χ3n) is 6.45. The van der Waals surface area contributed by atoms with Gasteiger partial charge in [0.15, 0.2) is 17.1 Å². The molecule has 7 nitrogen and oxygen atoms in total. The Morgan fingerprint density at radius 1 is 1.19 bits per heavy atom. The maximum absolute atomic E-state index is 11.4. The van der Waals surface area contributed by atoms with Crippen LogP contribution in [-0.4, -0.2) is 39.3 Å². The van der Waals surface area contributed by atoms with Crippen LogP contribution in [0.25, 0.3) is 11.1 Å². The van der Waals surface area contributed by atoms with Crippen molar-refractivity contribution in [1.82, 2.24) is 15.4 Å². The first kappa shape index (κ1) is 22.4. The molecule has 0 amide bonds. The molecule has 1 unspecified atom stereocenters. The van der Waals surface area contributed by atoms with Crippen molar-refractivity contribution in [2.24, 2.45) is 0 Å². The van der Waals surface area contributed by atoms with E-state index in [2.05, 4.69) is 22.3 Å². The van der Waals surface area contributed by atoms with Crippen LogP contribution in [0.2, 0.25) is 0 Å². The number of nitrogens with zero attached hydrogens (tertiary/aromatic N) is 1. The zero-order chi connectivity index (χ0) is 22.5. The van der Waals surface area contributed by atoms with Gasteiger partial charge in [0.2, 0.25) is 0 Å². The molecule has 0 fully saturated rings. The SMILES string of the molecule is CCCCCCN(NCCc1ccc2[nH]c(=O)oc2c1)C1CCc2c(ccc(O)c2O)C1. The van der Waals surface area contributed by atoms with Crippen molar-refractivity contribution >= 4 is 11.1 Å². The molecule has 3 aromatic rings. The molecule has 7 heteroatoms. The van der Waals surface area contributed by atoms with Gasteiger partial charge in [-0.15, -0.1) is 0 Å². The van der Waals surface area contributed by atoms with Crippen LogP contribution in [0.3, 0.4) is 0 Å². The average Bonchev–Trinajstić information content (AvgIpc) is 3.17. The maximum Gasteiger partial charge on any atom is 0.417 e. The van der Waals surface area contributed by atoms with Gasteiger partial charge in [-0.2, -0.15) is 0 Å². The lowest BCUT2D eigenvalue weighted by atomic mass is 9.87. The molecule has 1 atom stereocenters. The minimum Gasteiger partial charge on any atom is -0.504 e. The standard InChI is InChI=1S/C25H33N3O4/c1-2-3-4-5-14-28(19-8-9-20-18(16-19)7-11-22(29)24(20)30)26-13-12-17-6-10-21-23(15-17)32-25(31)27-21/h6-7,10-11,15,19,26,29-30H,2-5,8-9,12-14,16H2,1H3,(H,27,31). The summed E-state index contributed by atoms with van der Waals surface area (Å²) in [5, 5.41) is 22.4. The number of hydrogen-bond donors (Lipinski definition) is 4. The average molecular weight is 440 g/mol. The first-order valence-electron chi connectivity index (χ1n) is 11.7. The highest BCUT2D eigenvalue weighted by atomic mass is 16.4. The number of aromatic nitrogens is 1. The Bertz CT molecular complexity index is 1100. The fourth-order valence-electron chi connectivity index (χ4n) is 4.66. The fraction of sp³-hybridized carbons (Fsp3) is 0.480. The van der Waals surface area contributed by atoms with E-state index in [1.165, 1.54) is 19.3 Å². The van der Waals surface area contributed by atoms with Crippen LogP contribution in [0.4, 0.5) is 0 Å². The molecular weight excluding hydrogens is 406 g/mol. The number of phenolic OH excluding ortho intramolecular Hbond substituents is 2. The van der Waals surface area contributed by atoms with Crippen molar-refractivity contribution in [3.05, 3.63) is 57.6 Å². The van der Waals surface area contributed by atoms with Crippen LogP contribution >= 0.6 is 0 Å². The number of fused-ring (bicyclic) bond motifs is 2. The Hall–Kier alpha value is -2.77. The molecule has 0 saturated carbocycles. The van der Waals surface area contributed by atoms with Gasteiger partial charge in [0.05, 0.1) is 5.52 Å². The molecule has 0 radical (unpaired) electrons. The molecule has 4 N–H and O–H groups in total. The van der Waals surface area contributed by atoms with Crippen molar-refractivity contribution < 1.29 is 14.6 Å². The lowest BCUT2D eigenvalue weighted by Crippen LogP contribution is -2.49. The van der Waals surface area contributed by atoms with Crippen LogP contribution in [0.5, 0.6) is 11.5 Å². The zero-order valence-corrected chi connectivity index (χ0v) is 18.7. The highest BCUT2D eigenvalue weighted by molar-refractivity contribution is 5.72. The van der Waals surface area contributed by atoms with Gasteiger partial charge < -0.3 is 14.6 Å². The summed E-state index contributed by atoms with van der Waals surface area (Å²) < 4.78 is 5.18. The number of H-pyrrole nitrogens is 1. The topological polar surface area (TPSA) is 102 Å². The summed E-state index contributed by atoms with van der Waals surface area (Å²) in [6, 6.07) is 9.70. The van der Waals surface area contributed by atoms with Gasteiger partial charge in [-0.25, -0.2) is 9.80 Å². The van der Waals surface area contributed by atoms with Crippen LogP contribution in [0, 0.1) is 0 Å². The predicted octanol–water partition coefficient (Wildman–Crippen LogP) is 4.02. The van der Waals surface area contributed by atoms with Crippen molar-refractivity contribution in [2.75, 3.05) is 13.1 Å².